The predicted octanol–water partition coefficient (Wildman–Crippen LogP) is 1.42. The molecule has 1 N–H and O–H groups in total. The summed E-state index contributed by atoms with van der Waals surface area (Å²) in [6, 6.07) is 0. The number of rotatable bonds is 2. The van der Waals surface area contributed by atoms with E-state index >= 15 is 0 Å². The van der Waals surface area contributed by atoms with Gasteiger partial charge in [-0.3, -0.25) is 4.79 Å². The molecule has 1 aliphatic heterocycles. The van der Waals surface area contributed by atoms with E-state index < -0.39 is 5.97 Å². The Labute approximate surface area is 66.4 Å². The summed E-state index contributed by atoms with van der Waals surface area (Å²) >= 11 is 0. The second-order valence-corrected chi connectivity index (χ2v) is 3.10. The van der Waals surface area contributed by atoms with E-state index in [4.69, 9.17) is 9.84 Å². The van der Waals surface area contributed by atoms with E-state index in [1.165, 1.54) is 0 Å². The number of carbonyl (C=O) groups is 1. The summed E-state index contributed by atoms with van der Waals surface area (Å²) in [6.45, 7) is 1.99. The number of hydrogen-bond donors (Lipinski definition) is 1. The summed E-state index contributed by atoms with van der Waals surface area (Å²) in [5.41, 5.74) is 0. The average molecular weight is 158 g/mol. The van der Waals surface area contributed by atoms with Crippen LogP contribution in [0.15, 0.2) is 0 Å². The number of aliphatic carboxylic acids is 1. The molecule has 0 radical (unpaired) electrons. The summed E-state index contributed by atoms with van der Waals surface area (Å²) < 4.78 is 5.42. The zero-order valence-corrected chi connectivity index (χ0v) is 6.75. The Morgan fingerprint density at radius 1 is 1.64 bits per heavy atom. The van der Waals surface area contributed by atoms with E-state index in [0.717, 1.165) is 19.3 Å². The molecule has 11 heavy (non-hydrogen) atoms. The minimum Gasteiger partial charge on any atom is -0.481 e. The molecule has 3 heteroatoms. The molecule has 1 aliphatic rings. The molecule has 0 aromatic rings. The molecule has 0 unspecified atom stereocenters. The molecule has 0 amide bonds. The Morgan fingerprint density at radius 2 is 2.36 bits per heavy atom. The van der Waals surface area contributed by atoms with Crippen LogP contribution in [0, 0.1) is 0 Å². The third-order valence-corrected chi connectivity index (χ3v) is 1.96. The van der Waals surface area contributed by atoms with Crippen LogP contribution in [0.25, 0.3) is 0 Å². The SMILES string of the molecule is C[C@@H]1CCC[C@@H](CC(=O)O)O1. The third kappa shape index (κ3) is 2.89. The Bertz CT molecular complexity index is 144. The van der Waals surface area contributed by atoms with Gasteiger partial charge >= 0.3 is 5.97 Å². The van der Waals surface area contributed by atoms with Crippen molar-refractivity contribution in [2.75, 3.05) is 0 Å². The average Bonchev–Trinajstić information content (AvgIpc) is 1.85. The van der Waals surface area contributed by atoms with Gasteiger partial charge in [0, 0.05) is 0 Å². The Morgan fingerprint density at radius 3 is 2.91 bits per heavy atom. The van der Waals surface area contributed by atoms with Crippen LogP contribution in [0.2, 0.25) is 0 Å². The van der Waals surface area contributed by atoms with Gasteiger partial charge in [0.25, 0.3) is 0 Å². The molecule has 0 aliphatic carbocycles. The summed E-state index contributed by atoms with van der Waals surface area (Å²) in [5.74, 6) is -0.760. The van der Waals surface area contributed by atoms with Crippen molar-refractivity contribution in [3.05, 3.63) is 0 Å². The first kappa shape index (κ1) is 8.53. The fraction of sp³-hybridized carbons (Fsp3) is 0.875. The van der Waals surface area contributed by atoms with Gasteiger partial charge in [-0.1, -0.05) is 0 Å². The Hall–Kier alpha value is -0.570. The highest BCUT2D eigenvalue weighted by Crippen LogP contribution is 2.20. The van der Waals surface area contributed by atoms with Crippen LogP contribution in [0.5, 0.6) is 0 Å². The fourth-order valence-corrected chi connectivity index (χ4v) is 1.44. The van der Waals surface area contributed by atoms with Gasteiger partial charge in [-0.15, -0.1) is 0 Å². The van der Waals surface area contributed by atoms with E-state index in [9.17, 15) is 4.79 Å². The maximum Gasteiger partial charge on any atom is 0.305 e. The molecule has 1 rings (SSSR count). The van der Waals surface area contributed by atoms with E-state index in [1.54, 1.807) is 0 Å². The van der Waals surface area contributed by atoms with Gasteiger partial charge in [0.2, 0.25) is 0 Å². The van der Waals surface area contributed by atoms with Crippen LogP contribution < -0.4 is 0 Å². The largest absolute Gasteiger partial charge is 0.481 e. The molecule has 1 heterocycles. The number of carboxylic acids is 1. The van der Waals surface area contributed by atoms with Gasteiger partial charge < -0.3 is 9.84 Å². The molecule has 0 aromatic heterocycles. The van der Waals surface area contributed by atoms with Crippen molar-refractivity contribution in [2.45, 2.75) is 44.8 Å². The van der Waals surface area contributed by atoms with Crippen LogP contribution in [-0.4, -0.2) is 23.3 Å². The molecular formula is C8H14O3. The lowest BCUT2D eigenvalue weighted by Gasteiger charge is -2.26. The van der Waals surface area contributed by atoms with Crippen molar-refractivity contribution in [1.82, 2.24) is 0 Å². The molecule has 3 nitrogen and oxygen atoms in total. The molecule has 0 bridgehead atoms. The first-order valence-electron chi connectivity index (χ1n) is 4.05. The van der Waals surface area contributed by atoms with Gasteiger partial charge in [-0.05, 0) is 26.2 Å². The minimum absolute atomic E-state index is 0.0451. The zero-order chi connectivity index (χ0) is 8.27. The van der Waals surface area contributed by atoms with Crippen molar-refractivity contribution in [3.63, 3.8) is 0 Å². The van der Waals surface area contributed by atoms with Gasteiger partial charge in [0.15, 0.2) is 0 Å². The smallest absolute Gasteiger partial charge is 0.305 e. The predicted molar refractivity (Wildman–Crippen MR) is 40.4 cm³/mol. The fourth-order valence-electron chi connectivity index (χ4n) is 1.44. The van der Waals surface area contributed by atoms with Crippen molar-refractivity contribution in [2.24, 2.45) is 0 Å². The third-order valence-electron chi connectivity index (χ3n) is 1.96. The molecular weight excluding hydrogens is 144 g/mol. The monoisotopic (exact) mass is 158 g/mol. The van der Waals surface area contributed by atoms with Crippen molar-refractivity contribution in [3.8, 4) is 0 Å². The highest BCUT2D eigenvalue weighted by atomic mass is 16.5. The second-order valence-electron chi connectivity index (χ2n) is 3.10. The lowest BCUT2D eigenvalue weighted by Crippen LogP contribution is -2.27. The number of hydrogen-bond acceptors (Lipinski definition) is 2. The van der Waals surface area contributed by atoms with Gasteiger partial charge in [0.1, 0.15) is 0 Å². The number of carboxylic acid groups (broad SMARTS) is 1. The van der Waals surface area contributed by atoms with E-state index in [2.05, 4.69) is 0 Å². The molecule has 1 fully saturated rings. The van der Waals surface area contributed by atoms with Gasteiger partial charge in [-0.25, -0.2) is 0 Å². The van der Waals surface area contributed by atoms with Crippen molar-refractivity contribution >= 4 is 5.97 Å². The standard InChI is InChI=1S/C8H14O3/c1-6-3-2-4-7(11-6)5-8(9)10/h6-7H,2-5H2,1H3,(H,9,10)/t6-,7+/m1/s1. The summed E-state index contributed by atoms with van der Waals surface area (Å²) in [5, 5.41) is 8.47. The topological polar surface area (TPSA) is 46.5 Å². The summed E-state index contributed by atoms with van der Waals surface area (Å²) in [4.78, 5) is 10.3. The highest BCUT2D eigenvalue weighted by molar-refractivity contribution is 5.67. The highest BCUT2D eigenvalue weighted by Gasteiger charge is 2.20. The quantitative estimate of drug-likeness (QED) is 0.661. The minimum atomic E-state index is -0.760. The van der Waals surface area contributed by atoms with E-state index in [0.29, 0.717) is 0 Å². The normalized spacial score (nSPS) is 31.7. The maximum absolute atomic E-state index is 10.3. The first-order valence-corrected chi connectivity index (χ1v) is 4.05. The van der Waals surface area contributed by atoms with Gasteiger partial charge in [0.05, 0.1) is 18.6 Å². The van der Waals surface area contributed by atoms with Crippen LogP contribution in [0.4, 0.5) is 0 Å². The van der Waals surface area contributed by atoms with Crippen LogP contribution in [-0.2, 0) is 9.53 Å². The van der Waals surface area contributed by atoms with Crippen molar-refractivity contribution in [1.29, 1.82) is 0 Å². The molecule has 0 saturated carbocycles. The molecule has 2 atom stereocenters. The van der Waals surface area contributed by atoms with Crippen molar-refractivity contribution < 1.29 is 14.6 Å². The molecule has 0 spiro atoms. The Balaban J connectivity index is 2.28. The van der Waals surface area contributed by atoms with Gasteiger partial charge in [-0.2, -0.15) is 0 Å². The molecule has 1 saturated heterocycles. The van der Waals surface area contributed by atoms with Crippen LogP contribution >= 0.6 is 0 Å². The first-order chi connectivity index (χ1) is 5.18. The summed E-state index contributed by atoms with van der Waals surface area (Å²) in [7, 11) is 0. The second kappa shape index (κ2) is 3.72. The zero-order valence-electron chi connectivity index (χ0n) is 6.75. The summed E-state index contributed by atoms with van der Waals surface area (Å²) in [6.07, 6.45) is 3.42. The number of ether oxygens (including phenoxy) is 1. The van der Waals surface area contributed by atoms with E-state index in [-0.39, 0.29) is 18.6 Å². The van der Waals surface area contributed by atoms with Crippen LogP contribution in [0.1, 0.15) is 32.6 Å². The lowest BCUT2D eigenvalue weighted by atomic mass is 10.0. The molecule has 64 valence electrons. The maximum atomic E-state index is 10.3. The lowest BCUT2D eigenvalue weighted by molar-refractivity contribution is -0.142. The Kier molecular flexibility index (Phi) is 2.88. The van der Waals surface area contributed by atoms with Crippen LogP contribution in [0.3, 0.4) is 0 Å². The van der Waals surface area contributed by atoms with E-state index in [1.807, 2.05) is 6.92 Å². The molecule has 0 aromatic carbocycles.